The summed E-state index contributed by atoms with van der Waals surface area (Å²) in [6.45, 7) is 1.85. The van der Waals surface area contributed by atoms with Crippen LogP contribution >= 0.6 is 11.6 Å². The van der Waals surface area contributed by atoms with Crippen molar-refractivity contribution in [2.45, 2.75) is 19.9 Å². The number of nitrogens with zero attached hydrogens (tertiary/aromatic N) is 3. The molecule has 0 radical (unpaired) electrons. The maximum absolute atomic E-state index is 13.6. The average Bonchev–Trinajstić information content (AvgIpc) is 2.88. The van der Waals surface area contributed by atoms with Crippen LogP contribution in [0.25, 0.3) is 5.69 Å². The Labute approximate surface area is 223 Å². The normalized spacial score (nSPS) is 12.8. The van der Waals surface area contributed by atoms with Crippen molar-refractivity contribution in [3.05, 3.63) is 86.0 Å². The molecule has 0 fully saturated rings. The number of halogens is 2. The van der Waals surface area contributed by atoms with Gasteiger partial charge in [-0.2, -0.15) is 0 Å². The van der Waals surface area contributed by atoms with Crippen LogP contribution in [0.2, 0.25) is 5.02 Å². The van der Waals surface area contributed by atoms with E-state index in [1.165, 1.54) is 49.0 Å². The van der Waals surface area contributed by atoms with Crippen LogP contribution in [0.3, 0.4) is 0 Å². The van der Waals surface area contributed by atoms with Gasteiger partial charge in [-0.3, -0.25) is 23.7 Å². The standard InChI is InChI=1S/C27H26ClFN4O5/c1-15(34)13-30-17-5-7-18(8-6-17)33-23(26(37)31(2)3)19-10-11-32(25(36)22(19)24(35)27(33)38)14-16-4-9-21(29)20(28)12-16/h4-9,12,30,35H,10-11,13-14H2,1-3H3. The lowest BCUT2D eigenvalue weighted by atomic mass is 9.95. The lowest BCUT2D eigenvalue weighted by molar-refractivity contribution is -0.115. The van der Waals surface area contributed by atoms with E-state index in [-0.39, 0.29) is 53.7 Å². The van der Waals surface area contributed by atoms with Gasteiger partial charge in [0.25, 0.3) is 17.4 Å². The molecular weight excluding hydrogens is 515 g/mol. The van der Waals surface area contributed by atoms with E-state index in [0.717, 1.165) is 4.57 Å². The molecule has 3 aromatic rings. The first-order valence-electron chi connectivity index (χ1n) is 11.8. The Morgan fingerprint density at radius 3 is 2.42 bits per heavy atom. The molecule has 11 heteroatoms. The number of hydrogen-bond donors (Lipinski definition) is 2. The fourth-order valence-corrected chi connectivity index (χ4v) is 4.54. The molecule has 0 bridgehead atoms. The quantitative estimate of drug-likeness (QED) is 0.476. The van der Waals surface area contributed by atoms with Crippen molar-refractivity contribution < 1.29 is 23.9 Å². The third-order valence-electron chi connectivity index (χ3n) is 6.22. The second kappa shape index (κ2) is 10.7. The molecule has 2 aromatic carbocycles. The van der Waals surface area contributed by atoms with Crippen LogP contribution in [0.5, 0.6) is 5.75 Å². The summed E-state index contributed by atoms with van der Waals surface area (Å²) in [6, 6.07) is 10.6. The molecule has 2 heterocycles. The third-order valence-corrected chi connectivity index (χ3v) is 6.51. The molecule has 38 heavy (non-hydrogen) atoms. The summed E-state index contributed by atoms with van der Waals surface area (Å²) in [4.78, 5) is 54.2. The van der Waals surface area contributed by atoms with Gasteiger partial charge in [0.1, 0.15) is 17.3 Å². The molecule has 0 atom stereocenters. The van der Waals surface area contributed by atoms with Crippen LogP contribution in [0.1, 0.15) is 38.9 Å². The largest absolute Gasteiger partial charge is 0.502 e. The van der Waals surface area contributed by atoms with Crippen molar-refractivity contribution in [1.82, 2.24) is 14.4 Å². The summed E-state index contributed by atoms with van der Waals surface area (Å²) >= 11 is 5.87. The molecule has 0 saturated heterocycles. The van der Waals surface area contributed by atoms with Gasteiger partial charge in [-0.1, -0.05) is 17.7 Å². The summed E-state index contributed by atoms with van der Waals surface area (Å²) in [5.74, 6) is -2.53. The molecule has 0 aliphatic carbocycles. The number of anilines is 1. The first kappa shape index (κ1) is 26.9. The van der Waals surface area contributed by atoms with Gasteiger partial charge in [-0.15, -0.1) is 0 Å². The highest BCUT2D eigenvalue weighted by molar-refractivity contribution is 6.30. The second-order valence-electron chi connectivity index (χ2n) is 9.22. The van der Waals surface area contributed by atoms with Crippen molar-refractivity contribution in [2.24, 2.45) is 0 Å². The van der Waals surface area contributed by atoms with Gasteiger partial charge in [0, 0.05) is 44.1 Å². The smallest absolute Gasteiger partial charge is 0.298 e. The number of aromatic nitrogens is 1. The van der Waals surface area contributed by atoms with E-state index in [1.54, 1.807) is 24.3 Å². The minimum absolute atomic E-state index is 0.0185. The van der Waals surface area contributed by atoms with E-state index >= 15 is 0 Å². The molecule has 4 rings (SSSR count). The van der Waals surface area contributed by atoms with Crippen molar-refractivity contribution in [2.75, 3.05) is 32.5 Å². The van der Waals surface area contributed by atoms with Gasteiger partial charge < -0.3 is 20.2 Å². The summed E-state index contributed by atoms with van der Waals surface area (Å²) in [5, 5.41) is 13.8. The molecule has 1 aliphatic rings. The zero-order chi connectivity index (χ0) is 27.7. The van der Waals surface area contributed by atoms with Crippen molar-refractivity contribution in [1.29, 1.82) is 0 Å². The molecule has 198 valence electrons. The minimum atomic E-state index is -0.918. The number of ketones is 1. The van der Waals surface area contributed by atoms with E-state index in [9.17, 15) is 28.7 Å². The van der Waals surface area contributed by atoms with Crippen LogP contribution in [-0.4, -0.2) is 64.3 Å². The van der Waals surface area contributed by atoms with Crippen LogP contribution < -0.4 is 10.9 Å². The van der Waals surface area contributed by atoms with Gasteiger partial charge in [-0.25, -0.2) is 4.39 Å². The van der Waals surface area contributed by atoms with E-state index in [2.05, 4.69) is 5.32 Å². The molecule has 1 aliphatic heterocycles. The molecule has 0 unspecified atom stereocenters. The Kier molecular flexibility index (Phi) is 7.54. The second-order valence-corrected chi connectivity index (χ2v) is 9.63. The molecule has 2 N–H and O–H groups in total. The maximum Gasteiger partial charge on any atom is 0.298 e. The Morgan fingerprint density at radius 2 is 1.82 bits per heavy atom. The Hall–Kier alpha value is -4.18. The predicted octanol–water partition coefficient (Wildman–Crippen LogP) is 3.24. The van der Waals surface area contributed by atoms with Gasteiger partial charge in [-0.05, 0) is 55.3 Å². The number of fused-ring (bicyclic) bond motifs is 1. The average molecular weight is 541 g/mol. The van der Waals surface area contributed by atoms with Crippen LogP contribution in [0, 0.1) is 5.82 Å². The fourth-order valence-electron chi connectivity index (χ4n) is 4.34. The van der Waals surface area contributed by atoms with E-state index < -0.39 is 28.9 Å². The Bertz CT molecular complexity index is 1500. The monoisotopic (exact) mass is 540 g/mol. The third kappa shape index (κ3) is 5.12. The number of carbonyl (C=O) groups excluding carboxylic acids is 3. The van der Waals surface area contributed by atoms with Crippen molar-refractivity contribution in [3.8, 4) is 11.4 Å². The highest BCUT2D eigenvalue weighted by Crippen LogP contribution is 2.31. The van der Waals surface area contributed by atoms with Crippen molar-refractivity contribution >= 4 is 34.9 Å². The SMILES string of the molecule is CC(=O)CNc1ccc(-n2c(C(=O)N(C)C)c3c(c(O)c2=O)C(=O)N(Cc2ccc(F)c(Cl)c2)CC3)cc1. The minimum Gasteiger partial charge on any atom is -0.502 e. The number of hydrogen-bond acceptors (Lipinski definition) is 6. The lowest BCUT2D eigenvalue weighted by Gasteiger charge is -2.31. The first-order valence-corrected chi connectivity index (χ1v) is 12.2. The summed E-state index contributed by atoms with van der Waals surface area (Å²) in [7, 11) is 3.06. The van der Waals surface area contributed by atoms with Gasteiger partial charge in [0.2, 0.25) is 0 Å². The Balaban J connectivity index is 1.80. The number of benzene rings is 2. The number of carbonyl (C=O) groups is 3. The maximum atomic E-state index is 13.6. The zero-order valence-corrected chi connectivity index (χ0v) is 21.8. The van der Waals surface area contributed by atoms with Crippen LogP contribution in [0.4, 0.5) is 10.1 Å². The van der Waals surface area contributed by atoms with E-state index in [1.807, 2.05) is 0 Å². The number of nitrogens with one attached hydrogen (secondary N) is 1. The summed E-state index contributed by atoms with van der Waals surface area (Å²) in [5.41, 5.74) is 0.611. The highest BCUT2D eigenvalue weighted by atomic mass is 35.5. The van der Waals surface area contributed by atoms with Gasteiger partial charge >= 0.3 is 0 Å². The molecule has 9 nitrogen and oxygen atoms in total. The number of aromatic hydroxyl groups is 1. The van der Waals surface area contributed by atoms with Gasteiger partial charge in [0.05, 0.1) is 17.1 Å². The number of pyridine rings is 1. The molecular formula is C27H26ClFN4O5. The van der Waals surface area contributed by atoms with Gasteiger partial charge in [0.15, 0.2) is 5.75 Å². The highest BCUT2D eigenvalue weighted by Gasteiger charge is 2.35. The predicted molar refractivity (Wildman–Crippen MR) is 141 cm³/mol. The first-order chi connectivity index (χ1) is 18.0. The zero-order valence-electron chi connectivity index (χ0n) is 21.0. The summed E-state index contributed by atoms with van der Waals surface area (Å²) in [6.07, 6.45) is 0.191. The topological polar surface area (TPSA) is 112 Å². The molecule has 1 aromatic heterocycles. The molecule has 0 spiro atoms. The van der Waals surface area contributed by atoms with E-state index in [4.69, 9.17) is 11.6 Å². The van der Waals surface area contributed by atoms with E-state index in [0.29, 0.717) is 16.9 Å². The number of Topliss-reactive ketones (excluding diaryl/α,β-unsaturated/α-hetero) is 1. The number of rotatable bonds is 7. The Morgan fingerprint density at radius 1 is 1.13 bits per heavy atom. The summed E-state index contributed by atoms with van der Waals surface area (Å²) < 4.78 is 14.7. The number of amides is 2. The van der Waals surface area contributed by atoms with Crippen LogP contribution in [-0.2, 0) is 17.8 Å². The van der Waals surface area contributed by atoms with Crippen LogP contribution in [0.15, 0.2) is 47.3 Å². The fraction of sp³-hybridized carbons (Fsp3) is 0.259. The molecule has 2 amide bonds. The molecule has 0 saturated carbocycles. The lowest BCUT2D eigenvalue weighted by Crippen LogP contribution is -2.42. The van der Waals surface area contributed by atoms with Crippen molar-refractivity contribution in [3.63, 3.8) is 0 Å².